The van der Waals surface area contributed by atoms with Crippen LogP contribution in [0.15, 0.2) is 22.8 Å². The van der Waals surface area contributed by atoms with Crippen LogP contribution in [-0.4, -0.2) is 42.0 Å². The fourth-order valence-corrected chi connectivity index (χ4v) is 3.63. The van der Waals surface area contributed by atoms with Gasteiger partial charge in [0.05, 0.1) is 46.8 Å². The minimum Gasteiger partial charge on any atom is -0.465 e. The van der Waals surface area contributed by atoms with Crippen LogP contribution in [0.4, 0.5) is 11.5 Å². The second kappa shape index (κ2) is 8.82. The first-order valence-corrected chi connectivity index (χ1v) is 9.73. The summed E-state index contributed by atoms with van der Waals surface area (Å²) in [6.45, 7) is 0.797. The van der Waals surface area contributed by atoms with Gasteiger partial charge in [-0.05, 0) is 34.5 Å². The molecule has 2 heterocycles. The Hall–Kier alpha value is -2.61. The molecule has 0 saturated carbocycles. The molecular formula is C18H17BrClN5O4. The molecule has 9 nitrogen and oxygen atoms in total. The highest BCUT2D eigenvalue weighted by Gasteiger charge is 2.29. The zero-order chi connectivity index (χ0) is 21.1. The molecule has 3 rings (SSSR count). The van der Waals surface area contributed by atoms with E-state index in [1.54, 1.807) is 6.07 Å². The van der Waals surface area contributed by atoms with Crippen LogP contribution in [0.2, 0.25) is 5.02 Å². The van der Waals surface area contributed by atoms with E-state index in [-0.39, 0.29) is 33.9 Å². The molecule has 0 spiro atoms. The highest BCUT2D eigenvalue weighted by atomic mass is 79.9. The molecule has 29 heavy (non-hydrogen) atoms. The summed E-state index contributed by atoms with van der Waals surface area (Å²) < 4.78 is 12.1. The number of anilines is 2. The number of carbonyl (C=O) groups is 2. The third kappa shape index (κ3) is 4.37. The van der Waals surface area contributed by atoms with E-state index in [0.29, 0.717) is 29.8 Å². The van der Waals surface area contributed by atoms with Crippen molar-refractivity contribution < 1.29 is 19.1 Å². The van der Waals surface area contributed by atoms with Crippen LogP contribution in [0.1, 0.15) is 33.2 Å². The molecule has 1 aliphatic rings. The minimum atomic E-state index is -0.694. The fourth-order valence-electron chi connectivity index (χ4n) is 3.02. The molecule has 2 unspecified atom stereocenters. The Balaban J connectivity index is 1.98. The lowest BCUT2D eigenvalue weighted by atomic mass is 9.97. The first-order valence-electron chi connectivity index (χ1n) is 8.56. The predicted molar refractivity (Wildman–Crippen MR) is 108 cm³/mol. The molecule has 0 radical (unpaired) electrons. The molecule has 1 aromatic heterocycles. The normalized spacial score (nSPS) is 18.7. The molecule has 11 heteroatoms. The van der Waals surface area contributed by atoms with Gasteiger partial charge in [0.15, 0.2) is 5.82 Å². The Kier molecular flexibility index (Phi) is 6.42. The number of nitriles is 1. The number of hydrogen-bond donors (Lipinski definition) is 2. The number of hydrogen-bond acceptors (Lipinski definition) is 7. The molecule has 1 amide bonds. The van der Waals surface area contributed by atoms with Gasteiger partial charge in [-0.3, -0.25) is 9.48 Å². The number of aromatic nitrogens is 2. The van der Waals surface area contributed by atoms with Crippen LogP contribution in [-0.2, 0) is 9.47 Å². The van der Waals surface area contributed by atoms with Crippen molar-refractivity contribution in [2.75, 3.05) is 25.6 Å². The van der Waals surface area contributed by atoms with Gasteiger partial charge in [-0.2, -0.15) is 10.4 Å². The fraction of sp³-hybridized carbons (Fsp3) is 0.333. The second-order valence-corrected chi connectivity index (χ2v) is 7.54. The van der Waals surface area contributed by atoms with E-state index in [4.69, 9.17) is 26.8 Å². The Bertz CT molecular complexity index is 1000. The number of amides is 1. The monoisotopic (exact) mass is 481 g/mol. The Morgan fingerprint density at radius 2 is 2.24 bits per heavy atom. The quantitative estimate of drug-likeness (QED) is 0.626. The van der Waals surface area contributed by atoms with Gasteiger partial charge in [0.25, 0.3) is 5.91 Å². The van der Waals surface area contributed by atoms with Gasteiger partial charge >= 0.3 is 5.97 Å². The largest absolute Gasteiger partial charge is 0.465 e. The number of halogens is 2. The lowest BCUT2D eigenvalue weighted by Crippen LogP contribution is -2.29. The topological polar surface area (TPSA) is 132 Å². The second-order valence-electron chi connectivity index (χ2n) is 6.34. The van der Waals surface area contributed by atoms with Crippen molar-refractivity contribution >= 4 is 50.9 Å². The summed E-state index contributed by atoms with van der Waals surface area (Å²) in [6.07, 6.45) is 2.05. The van der Waals surface area contributed by atoms with Crippen LogP contribution >= 0.6 is 27.5 Å². The summed E-state index contributed by atoms with van der Waals surface area (Å²) in [6, 6.07) is 4.97. The van der Waals surface area contributed by atoms with E-state index in [2.05, 4.69) is 32.4 Å². The number of carbonyl (C=O) groups excluding carboxylic acids is 2. The minimum absolute atomic E-state index is 0.130. The van der Waals surface area contributed by atoms with Gasteiger partial charge in [0.2, 0.25) is 0 Å². The highest BCUT2D eigenvalue weighted by molar-refractivity contribution is 9.10. The zero-order valence-corrected chi connectivity index (χ0v) is 17.7. The van der Waals surface area contributed by atoms with E-state index in [1.165, 1.54) is 24.1 Å². The lowest BCUT2D eigenvalue weighted by molar-refractivity contribution is 0.0342. The number of primary amides is 1. The maximum atomic E-state index is 12.0. The molecule has 1 aliphatic heterocycles. The van der Waals surface area contributed by atoms with Crippen molar-refractivity contribution in [2.45, 2.75) is 12.5 Å². The van der Waals surface area contributed by atoms with Gasteiger partial charge < -0.3 is 20.5 Å². The number of rotatable bonds is 5. The number of benzene rings is 1. The third-order valence-corrected chi connectivity index (χ3v) is 5.91. The van der Waals surface area contributed by atoms with Crippen molar-refractivity contribution in [3.8, 4) is 6.07 Å². The van der Waals surface area contributed by atoms with Crippen molar-refractivity contribution in [1.82, 2.24) is 9.78 Å². The van der Waals surface area contributed by atoms with Crippen LogP contribution in [0.25, 0.3) is 0 Å². The SMILES string of the molecule is COC(=O)c1cc(Nc2nn(C3COCCC3C#N)cc2C(N)=O)cc(Cl)c1Br. The van der Waals surface area contributed by atoms with Crippen molar-refractivity contribution in [3.63, 3.8) is 0 Å². The van der Waals surface area contributed by atoms with E-state index < -0.39 is 11.9 Å². The average molecular weight is 483 g/mol. The zero-order valence-electron chi connectivity index (χ0n) is 15.3. The Morgan fingerprint density at radius 1 is 1.48 bits per heavy atom. The molecule has 1 fully saturated rings. The van der Waals surface area contributed by atoms with E-state index in [9.17, 15) is 14.9 Å². The van der Waals surface area contributed by atoms with Gasteiger partial charge in [-0.1, -0.05) is 11.6 Å². The van der Waals surface area contributed by atoms with Gasteiger partial charge in [-0.15, -0.1) is 0 Å². The molecule has 1 saturated heterocycles. The third-order valence-electron chi connectivity index (χ3n) is 4.53. The van der Waals surface area contributed by atoms with E-state index in [0.717, 1.165) is 0 Å². The lowest BCUT2D eigenvalue weighted by Gasteiger charge is -2.26. The number of nitrogens with one attached hydrogen (secondary N) is 1. The summed E-state index contributed by atoms with van der Waals surface area (Å²) in [5.74, 6) is -1.40. The van der Waals surface area contributed by atoms with Crippen molar-refractivity contribution in [1.29, 1.82) is 5.26 Å². The highest BCUT2D eigenvalue weighted by Crippen LogP contribution is 2.33. The van der Waals surface area contributed by atoms with Crippen molar-refractivity contribution in [2.24, 2.45) is 11.7 Å². The molecule has 2 atom stereocenters. The molecule has 0 aliphatic carbocycles. The van der Waals surface area contributed by atoms with Crippen LogP contribution in [0.5, 0.6) is 0 Å². The molecule has 2 aromatic rings. The maximum Gasteiger partial charge on any atom is 0.339 e. The molecule has 1 aromatic carbocycles. The van der Waals surface area contributed by atoms with Gasteiger partial charge in [0, 0.05) is 18.5 Å². The Morgan fingerprint density at radius 3 is 2.90 bits per heavy atom. The smallest absolute Gasteiger partial charge is 0.339 e. The van der Waals surface area contributed by atoms with Gasteiger partial charge in [-0.25, -0.2) is 4.79 Å². The molecule has 152 valence electrons. The van der Waals surface area contributed by atoms with Crippen molar-refractivity contribution in [3.05, 3.63) is 39.0 Å². The summed E-state index contributed by atoms with van der Waals surface area (Å²) >= 11 is 9.44. The molecular weight excluding hydrogens is 466 g/mol. The van der Waals surface area contributed by atoms with E-state index >= 15 is 0 Å². The van der Waals surface area contributed by atoms with E-state index in [1.807, 2.05) is 0 Å². The average Bonchev–Trinajstić information content (AvgIpc) is 3.13. The number of esters is 1. The first kappa shape index (κ1) is 21.1. The number of nitrogens with two attached hydrogens (primary N) is 1. The van der Waals surface area contributed by atoms with Crippen LogP contribution in [0, 0.1) is 17.2 Å². The number of methoxy groups -OCH3 is 1. The van der Waals surface area contributed by atoms with Gasteiger partial charge in [0.1, 0.15) is 5.56 Å². The van der Waals surface area contributed by atoms with Crippen LogP contribution in [0.3, 0.4) is 0 Å². The number of ether oxygens (including phenoxy) is 2. The molecule has 0 bridgehead atoms. The number of nitrogens with zero attached hydrogens (tertiary/aromatic N) is 3. The summed E-state index contributed by atoms with van der Waals surface area (Å²) in [4.78, 5) is 23.9. The predicted octanol–water partition coefficient (Wildman–Crippen LogP) is 3.03. The first-order chi connectivity index (χ1) is 13.8. The van der Waals surface area contributed by atoms with Crippen LogP contribution < -0.4 is 11.1 Å². The Labute approximate surface area is 179 Å². The molecule has 3 N–H and O–H groups in total. The standard InChI is InChI=1S/C18H17BrClN5O4/c1-28-18(27)11-4-10(5-13(20)15(11)19)23-17-12(16(22)26)7-25(24-17)14-8-29-3-2-9(14)6-21/h4-5,7,9,14H,2-3,8H2,1H3,(H2,22,26)(H,23,24). The summed E-state index contributed by atoms with van der Waals surface area (Å²) in [7, 11) is 1.26. The summed E-state index contributed by atoms with van der Waals surface area (Å²) in [5.41, 5.74) is 6.23. The summed E-state index contributed by atoms with van der Waals surface area (Å²) in [5, 5.41) is 17.0. The maximum absolute atomic E-state index is 12.0.